The Morgan fingerprint density at radius 1 is 1.12 bits per heavy atom. The molecule has 1 amide bonds. The number of hydrogen-bond donors (Lipinski definition) is 2. The lowest BCUT2D eigenvalue weighted by atomic mass is 10.2. The summed E-state index contributed by atoms with van der Waals surface area (Å²) >= 11 is 0. The number of methoxy groups -OCH3 is 1. The fourth-order valence-corrected chi connectivity index (χ4v) is 1.87. The maximum atomic E-state index is 12.2. The van der Waals surface area contributed by atoms with Crippen LogP contribution in [0.15, 0.2) is 60.3 Å². The molecule has 6 nitrogen and oxygen atoms in total. The molecule has 0 aliphatic heterocycles. The Balaban J connectivity index is 2.10. The maximum absolute atomic E-state index is 12.2. The normalized spacial score (nSPS) is 10.2. The lowest BCUT2D eigenvalue weighted by Gasteiger charge is -2.07. The van der Waals surface area contributed by atoms with Gasteiger partial charge in [0.2, 0.25) is 0 Å². The standard InChI is InChI=1S/C18H14N4O2/c1-24-16-8-6-15(7-9-16)21-12-14(11-20)18(23)22-17-5-3-2-4-13(17)10-19/h2-9,12,21H,1H3,(H,22,23)/b14-12-. The number of anilines is 2. The summed E-state index contributed by atoms with van der Waals surface area (Å²) in [6.07, 6.45) is 1.31. The van der Waals surface area contributed by atoms with Gasteiger partial charge in [-0.15, -0.1) is 0 Å². The van der Waals surface area contributed by atoms with Crippen LogP contribution in [0.3, 0.4) is 0 Å². The summed E-state index contributed by atoms with van der Waals surface area (Å²) in [5.41, 5.74) is 1.27. The van der Waals surface area contributed by atoms with E-state index in [2.05, 4.69) is 10.6 Å². The van der Waals surface area contributed by atoms with Crippen LogP contribution in [0.5, 0.6) is 5.75 Å². The number of para-hydroxylation sites is 1. The molecule has 6 heteroatoms. The minimum absolute atomic E-state index is 0.112. The number of rotatable bonds is 5. The molecule has 0 saturated carbocycles. The molecule has 24 heavy (non-hydrogen) atoms. The van der Waals surface area contributed by atoms with Crippen LogP contribution in [0.4, 0.5) is 11.4 Å². The van der Waals surface area contributed by atoms with E-state index in [-0.39, 0.29) is 5.57 Å². The van der Waals surface area contributed by atoms with E-state index in [0.29, 0.717) is 22.7 Å². The van der Waals surface area contributed by atoms with E-state index >= 15 is 0 Å². The SMILES string of the molecule is COc1ccc(N/C=C(/C#N)C(=O)Nc2ccccc2C#N)cc1. The number of nitrogens with zero attached hydrogens (tertiary/aromatic N) is 2. The van der Waals surface area contributed by atoms with Crippen LogP contribution in [0, 0.1) is 22.7 Å². The van der Waals surface area contributed by atoms with Gasteiger partial charge in [0.25, 0.3) is 5.91 Å². The molecule has 0 aliphatic carbocycles. The van der Waals surface area contributed by atoms with E-state index in [1.807, 2.05) is 12.1 Å². The topological polar surface area (TPSA) is 97.9 Å². The van der Waals surface area contributed by atoms with E-state index in [9.17, 15) is 4.79 Å². The van der Waals surface area contributed by atoms with Crippen LogP contribution < -0.4 is 15.4 Å². The zero-order valence-corrected chi connectivity index (χ0v) is 12.9. The Morgan fingerprint density at radius 2 is 1.83 bits per heavy atom. The molecule has 0 heterocycles. The van der Waals surface area contributed by atoms with E-state index < -0.39 is 5.91 Å². The molecule has 0 unspecified atom stereocenters. The molecule has 0 aromatic heterocycles. The molecule has 2 aromatic carbocycles. The first-order chi connectivity index (χ1) is 11.7. The van der Waals surface area contributed by atoms with Gasteiger partial charge in [-0.2, -0.15) is 10.5 Å². The van der Waals surface area contributed by atoms with E-state index in [0.717, 1.165) is 0 Å². The third kappa shape index (κ3) is 4.12. The first-order valence-corrected chi connectivity index (χ1v) is 6.99. The number of hydrogen-bond acceptors (Lipinski definition) is 5. The third-order valence-corrected chi connectivity index (χ3v) is 3.13. The molecule has 0 spiro atoms. The van der Waals surface area contributed by atoms with Gasteiger partial charge in [0.15, 0.2) is 0 Å². The second-order valence-corrected chi connectivity index (χ2v) is 4.65. The number of benzene rings is 2. The van der Waals surface area contributed by atoms with Gasteiger partial charge in [-0.25, -0.2) is 0 Å². The summed E-state index contributed by atoms with van der Waals surface area (Å²) in [4.78, 5) is 12.2. The Bertz CT molecular complexity index is 843. The maximum Gasteiger partial charge on any atom is 0.267 e. The molecule has 2 rings (SSSR count). The van der Waals surface area contributed by atoms with Crippen molar-refractivity contribution in [2.24, 2.45) is 0 Å². The number of carbonyl (C=O) groups is 1. The summed E-state index contributed by atoms with van der Waals surface area (Å²) in [6.45, 7) is 0. The van der Waals surface area contributed by atoms with Crippen molar-refractivity contribution in [3.05, 3.63) is 65.9 Å². The highest BCUT2D eigenvalue weighted by molar-refractivity contribution is 6.07. The molecular formula is C18H14N4O2. The second kappa shape index (κ2) is 8.02. The Kier molecular flexibility index (Phi) is 5.55. The largest absolute Gasteiger partial charge is 0.497 e. The highest BCUT2D eigenvalue weighted by atomic mass is 16.5. The first kappa shape index (κ1) is 16.6. The van der Waals surface area contributed by atoms with Crippen LogP contribution in [0.25, 0.3) is 0 Å². The fraction of sp³-hybridized carbons (Fsp3) is 0.0556. The predicted octanol–water partition coefficient (Wildman–Crippen LogP) is 3.02. The van der Waals surface area contributed by atoms with Crippen molar-refractivity contribution in [2.45, 2.75) is 0 Å². The molecule has 118 valence electrons. The van der Waals surface area contributed by atoms with Gasteiger partial charge in [-0.1, -0.05) is 12.1 Å². The second-order valence-electron chi connectivity index (χ2n) is 4.65. The Morgan fingerprint density at radius 3 is 2.46 bits per heavy atom. The Labute approximate surface area is 139 Å². The molecule has 0 aliphatic rings. The molecule has 0 saturated heterocycles. The van der Waals surface area contributed by atoms with Crippen molar-refractivity contribution in [3.63, 3.8) is 0 Å². The smallest absolute Gasteiger partial charge is 0.267 e. The fourth-order valence-electron chi connectivity index (χ4n) is 1.87. The van der Waals surface area contributed by atoms with Crippen molar-refractivity contribution < 1.29 is 9.53 Å². The van der Waals surface area contributed by atoms with Gasteiger partial charge in [0.05, 0.1) is 18.4 Å². The van der Waals surface area contributed by atoms with Crippen LogP contribution in [0.2, 0.25) is 0 Å². The molecule has 0 atom stereocenters. The molecule has 2 aromatic rings. The average molecular weight is 318 g/mol. The minimum atomic E-state index is -0.596. The zero-order chi connectivity index (χ0) is 17.4. The van der Waals surface area contributed by atoms with E-state index in [1.54, 1.807) is 55.6 Å². The van der Waals surface area contributed by atoms with Gasteiger partial charge in [0, 0.05) is 11.9 Å². The number of amides is 1. The third-order valence-electron chi connectivity index (χ3n) is 3.13. The lowest BCUT2D eigenvalue weighted by molar-refractivity contribution is -0.112. The number of nitriles is 2. The Hall–Kier alpha value is -3.77. The summed E-state index contributed by atoms with van der Waals surface area (Å²) in [7, 11) is 1.57. The highest BCUT2D eigenvalue weighted by Crippen LogP contribution is 2.16. The molecule has 2 N–H and O–H groups in total. The minimum Gasteiger partial charge on any atom is -0.497 e. The van der Waals surface area contributed by atoms with Gasteiger partial charge in [-0.05, 0) is 36.4 Å². The van der Waals surface area contributed by atoms with Gasteiger partial charge < -0.3 is 15.4 Å². The highest BCUT2D eigenvalue weighted by Gasteiger charge is 2.11. The first-order valence-electron chi connectivity index (χ1n) is 6.99. The van der Waals surface area contributed by atoms with Crippen LogP contribution in [0.1, 0.15) is 5.56 Å². The van der Waals surface area contributed by atoms with Crippen LogP contribution in [-0.2, 0) is 4.79 Å². The van der Waals surface area contributed by atoms with Crippen molar-refractivity contribution in [1.82, 2.24) is 0 Å². The lowest BCUT2D eigenvalue weighted by Crippen LogP contribution is -2.15. The van der Waals surface area contributed by atoms with Crippen LogP contribution in [-0.4, -0.2) is 13.0 Å². The quantitative estimate of drug-likeness (QED) is 0.652. The average Bonchev–Trinajstić information content (AvgIpc) is 2.63. The van der Waals surface area contributed by atoms with E-state index in [1.165, 1.54) is 6.20 Å². The molecule has 0 bridgehead atoms. The van der Waals surface area contributed by atoms with Gasteiger partial charge in [-0.3, -0.25) is 4.79 Å². The molecule has 0 fully saturated rings. The zero-order valence-electron chi connectivity index (χ0n) is 12.9. The predicted molar refractivity (Wildman–Crippen MR) is 90.1 cm³/mol. The number of ether oxygens (including phenoxy) is 1. The van der Waals surface area contributed by atoms with E-state index in [4.69, 9.17) is 15.3 Å². The molecular weight excluding hydrogens is 304 g/mol. The number of carbonyl (C=O) groups excluding carboxylic acids is 1. The summed E-state index contributed by atoms with van der Waals surface area (Å²) in [5.74, 6) is 0.108. The monoisotopic (exact) mass is 318 g/mol. The summed E-state index contributed by atoms with van der Waals surface area (Å²) in [5, 5.41) is 23.6. The van der Waals surface area contributed by atoms with Crippen molar-refractivity contribution in [2.75, 3.05) is 17.7 Å². The van der Waals surface area contributed by atoms with Gasteiger partial charge in [0.1, 0.15) is 23.5 Å². The van der Waals surface area contributed by atoms with Gasteiger partial charge >= 0.3 is 0 Å². The molecule has 0 radical (unpaired) electrons. The number of nitrogens with one attached hydrogen (secondary N) is 2. The van der Waals surface area contributed by atoms with Crippen LogP contribution >= 0.6 is 0 Å². The van der Waals surface area contributed by atoms with Crippen molar-refractivity contribution in [3.8, 4) is 17.9 Å². The van der Waals surface area contributed by atoms with Crippen molar-refractivity contribution in [1.29, 1.82) is 10.5 Å². The summed E-state index contributed by atoms with van der Waals surface area (Å²) in [6, 6.07) is 17.4. The van der Waals surface area contributed by atoms with Crippen molar-refractivity contribution >= 4 is 17.3 Å². The summed E-state index contributed by atoms with van der Waals surface area (Å²) < 4.78 is 5.06.